The normalized spacial score (nSPS) is 12.1. The van der Waals surface area contributed by atoms with E-state index in [1.165, 1.54) is 18.0 Å². The zero-order chi connectivity index (χ0) is 10.4. The van der Waals surface area contributed by atoms with E-state index in [9.17, 15) is 0 Å². The van der Waals surface area contributed by atoms with E-state index < -0.39 is 0 Å². The van der Waals surface area contributed by atoms with E-state index in [-0.39, 0.29) is 12.5 Å². The van der Waals surface area contributed by atoms with Gasteiger partial charge in [0.05, 0.1) is 12.4 Å². The largest absolute Gasteiger partial charge is 0.396 e. The van der Waals surface area contributed by atoms with E-state index in [1.54, 1.807) is 6.20 Å². The Morgan fingerprint density at radius 3 is 2.86 bits per heavy atom. The fourth-order valence-corrected chi connectivity index (χ4v) is 1.54. The monoisotopic (exact) mass is 209 g/mol. The van der Waals surface area contributed by atoms with Gasteiger partial charge in [-0.3, -0.25) is 0 Å². The van der Waals surface area contributed by atoms with Gasteiger partial charge in [-0.2, -0.15) is 5.26 Å². The Hall–Kier alpha value is -1.12. The van der Waals surface area contributed by atoms with Crippen LogP contribution in [0.15, 0.2) is 17.4 Å². The second kappa shape index (κ2) is 5.58. The summed E-state index contributed by atoms with van der Waals surface area (Å²) >= 11 is 1.53. The molecule has 1 rings (SSSR count). The number of hydrogen-bond acceptors (Lipinski definition) is 5. The van der Waals surface area contributed by atoms with Crippen molar-refractivity contribution in [3.63, 3.8) is 0 Å². The first-order valence-electron chi connectivity index (χ1n) is 4.22. The second-order valence-corrected chi connectivity index (χ2v) is 3.99. The molecule has 0 aliphatic heterocycles. The van der Waals surface area contributed by atoms with Crippen LogP contribution < -0.4 is 0 Å². The van der Waals surface area contributed by atoms with Crippen LogP contribution in [0.1, 0.15) is 12.6 Å². The lowest BCUT2D eigenvalue weighted by molar-refractivity contribution is 0.250. The fourth-order valence-electron chi connectivity index (χ4n) is 0.729. The highest BCUT2D eigenvalue weighted by molar-refractivity contribution is 7.99. The molecule has 0 saturated heterocycles. The van der Waals surface area contributed by atoms with Crippen molar-refractivity contribution in [1.29, 1.82) is 5.26 Å². The topological polar surface area (TPSA) is 69.8 Å². The number of hydrogen-bond donors (Lipinski definition) is 1. The summed E-state index contributed by atoms with van der Waals surface area (Å²) in [5.41, 5.74) is 0.324. The van der Waals surface area contributed by atoms with E-state index in [0.717, 1.165) is 10.8 Å². The summed E-state index contributed by atoms with van der Waals surface area (Å²) in [6, 6.07) is 1.91. The van der Waals surface area contributed by atoms with Gasteiger partial charge in [0.2, 0.25) is 0 Å². The maximum atomic E-state index is 8.80. The first-order valence-corrected chi connectivity index (χ1v) is 5.20. The Morgan fingerprint density at radius 2 is 2.36 bits per heavy atom. The summed E-state index contributed by atoms with van der Waals surface area (Å²) in [5.74, 6) is 1.05. The predicted octanol–water partition coefficient (Wildman–Crippen LogP) is 1.07. The Kier molecular flexibility index (Phi) is 4.36. The Labute approximate surface area is 87.0 Å². The SMILES string of the molecule is CC(CO)CSc1cnc(C#N)cn1. The van der Waals surface area contributed by atoms with Crippen molar-refractivity contribution in [2.75, 3.05) is 12.4 Å². The molecule has 14 heavy (non-hydrogen) atoms. The van der Waals surface area contributed by atoms with Crippen LogP contribution in [0.3, 0.4) is 0 Å². The molecule has 0 fully saturated rings. The number of rotatable bonds is 4. The average Bonchev–Trinajstić information content (AvgIpc) is 2.26. The van der Waals surface area contributed by atoms with Crippen LogP contribution in [0.4, 0.5) is 0 Å². The molecule has 5 heteroatoms. The maximum Gasteiger partial charge on any atom is 0.158 e. The van der Waals surface area contributed by atoms with Crippen molar-refractivity contribution in [3.05, 3.63) is 18.1 Å². The Balaban J connectivity index is 2.49. The molecule has 0 radical (unpaired) electrons. The van der Waals surface area contributed by atoms with Crippen LogP contribution >= 0.6 is 11.8 Å². The number of nitriles is 1. The van der Waals surface area contributed by atoms with Gasteiger partial charge < -0.3 is 5.11 Å². The minimum atomic E-state index is 0.177. The average molecular weight is 209 g/mol. The fraction of sp³-hybridized carbons (Fsp3) is 0.444. The minimum Gasteiger partial charge on any atom is -0.396 e. The summed E-state index contributed by atoms with van der Waals surface area (Å²) < 4.78 is 0. The highest BCUT2D eigenvalue weighted by Crippen LogP contribution is 2.16. The number of aromatic nitrogens is 2. The molecule has 4 nitrogen and oxygen atoms in total. The standard InChI is InChI=1S/C9H11N3OS/c1-7(5-13)6-14-9-4-11-8(2-10)3-12-9/h3-4,7,13H,5-6H2,1H3. The van der Waals surface area contributed by atoms with Gasteiger partial charge >= 0.3 is 0 Å². The second-order valence-electron chi connectivity index (χ2n) is 2.95. The van der Waals surface area contributed by atoms with Crippen molar-refractivity contribution >= 4 is 11.8 Å². The van der Waals surface area contributed by atoms with Crippen molar-refractivity contribution < 1.29 is 5.11 Å². The molecule has 0 aliphatic rings. The molecule has 1 aromatic heterocycles. The van der Waals surface area contributed by atoms with Gasteiger partial charge in [0.1, 0.15) is 11.1 Å². The predicted molar refractivity (Wildman–Crippen MR) is 53.7 cm³/mol. The first-order chi connectivity index (χ1) is 6.76. The van der Waals surface area contributed by atoms with E-state index in [2.05, 4.69) is 9.97 Å². The molecule has 0 aromatic carbocycles. The number of nitrogens with zero attached hydrogens (tertiary/aromatic N) is 3. The zero-order valence-electron chi connectivity index (χ0n) is 7.84. The van der Waals surface area contributed by atoms with Crippen molar-refractivity contribution in [2.45, 2.75) is 11.9 Å². The number of aliphatic hydroxyl groups is 1. The molecule has 1 aromatic rings. The van der Waals surface area contributed by atoms with Gasteiger partial charge in [-0.05, 0) is 5.92 Å². The first kappa shape index (κ1) is 11.0. The number of thioether (sulfide) groups is 1. The smallest absolute Gasteiger partial charge is 0.158 e. The van der Waals surface area contributed by atoms with Crippen LogP contribution in [0.5, 0.6) is 0 Å². The summed E-state index contributed by atoms with van der Waals surface area (Å²) in [4.78, 5) is 7.95. The molecule has 0 aliphatic carbocycles. The molecule has 0 bridgehead atoms. The molecular formula is C9H11N3OS. The molecule has 0 saturated carbocycles. The van der Waals surface area contributed by atoms with Gasteiger partial charge in [-0.25, -0.2) is 9.97 Å². The summed E-state index contributed by atoms with van der Waals surface area (Å²) in [6.07, 6.45) is 3.03. The molecule has 1 heterocycles. The third kappa shape index (κ3) is 3.32. The van der Waals surface area contributed by atoms with E-state index in [4.69, 9.17) is 10.4 Å². The van der Waals surface area contributed by atoms with Crippen LogP contribution in [0, 0.1) is 17.2 Å². The van der Waals surface area contributed by atoms with Crippen LogP contribution in [-0.2, 0) is 0 Å². The lowest BCUT2D eigenvalue weighted by atomic mass is 10.2. The van der Waals surface area contributed by atoms with Crippen LogP contribution in [-0.4, -0.2) is 27.4 Å². The lowest BCUT2D eigenvalue weighted by Crippen LogP contribution is -2.03. The summed E-state index contributed by atoms with van der Waals surface area (Å²) in [7, 11) is 0. The molecular weight excluding hydrogens is 198 g/mol. The van der Waals surface area contributed by atoms with Gasteiger partial charge in [0.15, 0.2) is 5.69 Å². The molecule has 0 spiro atoms. The van der Waals surface area contributed by atoms with Crippen LogP contribution in [0.2, 0.25) is 0 Å². The molecule has 74 valence electrons. The van der Waals surface area contributed by atoms with Gasteiger partial charge in [-0.15, -0.1) is 11.8 Å². The van der Waals surface area contributed by atoms with Gasteiger partial charge in [0.25, 0.3) is 0 Å². The van der Waals surface area contributed by atoms with Crippen molar-refractivity contribution in [1.82, 2.24) is 9.97 Å². The zero-order valence-corrected chi connectivity index (χ0v) is 8.66. The Bertz CT molecular complexity index is 320. The summed E-state index contributed by atoms with van der Waals surface area (Å²) in [5, 5.41) is 18.1. The third-order valence-electron chi connectivity index (χ3n) is 1.57. The highest BCUT2D eigenvalue weighted by atomic mass is 32.2. The quantitative estimate of drug-likeness (QED) is 0.751. The van der Waals surface area contributed by atoms with E-state index in [1.807, 2.05) is 13.0 Å². The maximum absolute atomic E-state index is 8.80. The summed E-state index contributed by atoms with van der Waals surface area (Å²) in [6.45, 7) is 2.14. The highest BCUT2D eigenvalue weighted by Gasteiger charge is 2.02. The molecule has 1 atom stereocenters. The van der Waals surface area contributed by atoms with Crippen LogP contribution in [0.25, 0.3) is 0 Å². The van der Waals surface area contributed by atoms with E-state index >= 15 is 0 Å². The van der Waals surface area contributed by atoms with E-state index in [0.29, 0.717) is 5.69 Å². The third-order valence-corrected chi connectivity index (χ3v) is 2.81. The van der Waals surface area contributed by atoms with Crippen molar-refractivity contribution in [3.8, 4) is 6.07 Å². The Morgan fingerprint density at radius 1 is 1.57 bits per heavy atom. The molecule has 1 N–H and O–H groups in total. The lowest BCUT2D eigenvalue weighted by Gasteiger charge is -2.05. The molecule has 1 unspecified atom stereocenters. The minimum absolute atomic E-state index is 0.177. The van der Waals surface area contributed by atoms with Gasteiger partial charge in [0, 0.05) is 12.4 Å². The van der Waals surface area contributed by atoms with Gasteiger partial charge in [-0.1, -0.05) is 6.92 Å². The number of aliphatic hydroxyl groups excluding tert-OH is 1. The molecule has 0 amide bonds. The van der Waals surface area contributed by atoms with Crippen molar-refractivity contribution in [2.24, 2.45) is 5.92 Å².